The van der Waals surface area contributed by atoms with Gasteiger partial charge in [0.1, 0.15) is 10.8 Å². The van der Waals surface area contributed by atoms with Crippen molar-refractivity contribution in [3.8, 4) is 0 Å². The fraction of sp³-hybridized carbons (Fsp3) is 0.318. The number of nitrogens with zero attached hydrogens (tertiary/aromatic N) is 4. The Bertz CT molecular complexity index is 1090. The van der Waals surface area contributed by atoms with Crippen molar-refractivity contribution < 1.29 is 9.59 Å². The Balaban J connectivity index is 1.38. The van der Waals surface area contributed by atoms with Gasteiger partial charge in [-0.3, -0.25) is 9.59 Å². The van der Waals surface area contributed by atoms with Gasteiger partial charge in [0.25, 0.3) is 5.91 Å². The van der Waals surface area contributed by atoms with Crippen LogP contribution in [0.1, 0.15) is 35.4 Å². The van der Waals surface area contributed by atoms with E-state index in [0.717, 1.165) is 42.3 Å². The number of primary amides is 1. The van der Waals surface area contributed by atoms with Gasteiger partial charge in [0, 0.05) is 25.2 Å². The van der Waals surface area contributed by atoms with Crippen molar-refractivity contribution in [3.05, 3.63) is 54.0 Å². The van der Waals surface area contributed by atoms with Crippen LogP contribution in [0.2, 0.25) is 0 Å². The van der Waals surface area contributed by atoms with Gasteiger partial charge < -0.3 is 21.3 Å². The highest BCUT2D eigenvalue weighted by Gasteiger charge is 2.24. The number of hydrogen-bond acceptors (Lipinski definition) is 8. The Hall–Kier alpha value is -3.53. The minimum Gasteiger partial charge on any atom is -0.364 e. The lowest BCUT2D eigenvalue weighted by molar-refractivity contribution is -0.117. The number of carbonyl (C=O) groups excluding carboxylic acids is 2. The molecular weight excluding hydrogens is 426 g/mol. The molecule has 4 N–H and O–H groups in total. The van der Waals surface area contributed by atoms with E-state index in [1.165, 1.54) is 11.5 Å². The molecule has 10 heteroatoms. The van der Waals surface area contributed by atoms with Crippen LogP contribution >= 0.6 is 11.5 Å². The lowest BCUT2D eigenvalue weighted by Gasteiger charge is -2.32. The van der Waals surface area contributed by atoms with Crippen LogP contribution in [0, 0.1) is 12.8 Å². The molecule has 32 heavy (non-hydrogen) atoms. The highest BCUT2D eigenvalue weighted by atomic mass is 32.1. The zero-order chi connectivity index (χ0) is 22.5. The Morgan fingerprint density at radius 1 is 1.22 bits per heavy atom. The first-order valence-electron chi connectivity index (χ1n) is 10.4. The van der Waals surface area contributed by atoms with Crippen LogP contribution in [0.15, 0.2) is 42.6 Å². The summed E-state index contributed by atoms with van der Waals surface area (Å²) < 4.78 is 4.23. The molecule has 1 aliphatic heterocycles. The van der Waals surface area contributed by atoms with E-state index in [1.807, 2.05) is 43.3 Å². The van der Waals surface area contributed by atoms with E-state index in [9.17, 15) is 9.59 Å². The summed E-state index contributed by atoms with van der Waals surface area (Å²) in [6.07, 6.45) is 3.81. The SMILES string of the molecule is Cc1cc(Nc2nc(N3CCC(CC(=O)Nc4ccccc4)CC3)cnc2C(N)=O)sn1. The largest absolute Gasteiger partial charge is 0.364 e. The number of hydrogen-bond donors (Lipinski definition) is 3. The minimum atomic E-state index is -0.643. The molecule has 2 amide bonds. The second-order valence-electron chi connectivity index (χ2n) is 7.80. The van der Waals surface area contributed by atoms with E-state index in [1.54, 1.807) is 6.20 Å². The summed E-state index contributed by atoms with van der Waals surface area (Å²) in [7, 11) is 0. The number of aryl methyl sites for hydroxylation is 1. The Morgan fingerprint density at radius 3 is 2.62 bits per heavy atom. The lowest BCUT2D eigenvalue weighted by Crippen LogP contribution is -2.35. The number of benzene rings is 1. The summed E-state index contributed by atoms with van der Waals surface area (Å²) >= 11 is 1.28. The fourth-order valence-electron chi connectivity index (χ4n) is 3.70. The van der Waals surface area contributed by atoms with Crippen LogP contribution in [0.4, 0.5) is 22.3 Å². The number of para-hydroxylation sites is 1. The van der Waals surface area contributed by atoms with Crippen LogP contribution in [0.5, 0.6) is 0 Å². The summed E-state index contributed by atoms with van der Waals surface area (Å²) in [6.45, 7) is 3.41. The highest BCUT2D eigenvalue weighted by Crippen LogP contribution is 2.27. The van der Waals surface area contributed by atoms with Crippen LogP contribution in [-0.2, 0) is 4.79 Å². The van der Waals surface area contributed by atoms with Crippen molar-refractivity contribution in [3.63, 3.8) is 0 Å². The molecule has 1 aromatic carbocycles. The van der Waals surface area contributed by atoms with Crippen LogP contribution in [0.3, 0.4) is 0 Å². The number of aromatic nitrogens is 3. The average molecular weight is 452 g/mol. The van der Waals surface area contributed by atoms with E-state index in [4.69, 9.17) is 5.73 Å². The van der Waals surface area contributed by atoms with E-state index < -0.39 is 5.91 Å². The molecule has 0 saturated carbocycles. The minimum absolute atomic E-state index is 0.0339. The van der Waals surface area contributed by atoms with E-state index in [0.29, 0.717) is 24.0 Å². The predicted octanol–water partition coefficient (Wildman–Crippen LogP) is 3.33. The second kappa shape index (κ2) is 9.73. The second-order valence-corrected chi connectivity index (χ2v) is 8.60. The Kier molecular flexibility index (Phi) is 6.60. The number of anilines is 4. The molecule has 0 unspecified atom stereocenters. The summed E-state index contributed by atoms with van der Waals surface area (Å²) in [4.78, 5) is 35.1. The third kappa shape index (κ3) is 5.38. The van der Waals surface area contributed by atoms with Gasteiger partial charge in [0.2, 0.25) is 5.91 Å². The fourth-order valence-corrected chi connectivity index (χ4v) is 4.36. The molecule has 4 rings (SSSR count). The van der Waals surface area contributed by atoms with Crippen molar-refractivity contribution in [1.82, 2.24) is 14.3 Å². The zero-order valence-electron chi connectivity index (χ0n) is 17.7. The van der Waals surface area contributed by atoms with Crippen molar-refractivity contribution in [2.75, 3.05) is 28.6 Å². The van der Waals surface area contributed by atoms with Gasteiger partial charge in [-0.1, -0.05) is 18.2 Å². The molecule has 1 fully saturated rings. The van der Waals surface area contributed by atoms with Gasteiger partial charge in [-0.05, 0) is 55.4 Å². The topological polar surface area (TPSA) is 126 Å². The molecule has 2 aromatic heterocycles. The molecule has 1 saturated heterocycles. The van der Waals surface area contributed by atoms with E-state index >= 15 is 0 Å². The number of nitrogens with one attached hydrogen (secondary N) is 2. The maximum absolute atomic E-state index is 12.4. The number of nitrogens with two attached hydrogens (primary N) is 1. The van der Waals surface area contributed by atoms with Crippen LogP contribution < -0.4 is 21.3 Å². The van der Waals surface area contributed by atoms with E-state index in [-0.39, 0.29) is 11.6 Å². The molecule has 3 aromatic rings. The highest BCUT2D eigenvalue weighted by molar-refractivity contribution is 7.10. The molecule has 9 nitrogen and oxygen atoms in total. The van der Waals surface area contributed by atoms with Crippen molar-refractivity contribution in [2.24, 2.45) is 11.7 Å². The summed E-state index contributed by atoms with van der Waals surface area (Å²) in [6, 6.07) is 11.4. The van der Waals surface area contributed by atoms with Crippen molar-refractivity contribution >= 4 is 45.7 Å². The maximum atomic E-state index is 12.4. The normalized spacial score (nSPS) is 14.2. The van der Waals surface area contributed by atoms with Crippen LogP contribution in [-0.4, -0.2) is 39.2 Å². The molecular formula is C22H25N7O2S. The third-order valence-electron chi connectivity index (χ3n) is 5.33. The first-order chi connectivity index (χ1) is 15.5. The third-order valence-corrected chi connectivity index (χ3v) is 6.13. The molecule has 0 spiro atoms. The molecule has 3 heterocycles. The number of amides is 2. The summed E-state index contributed by atoms with van der Waals surface area (Å²) in [5.74, 6) is 0.696. The Morgan fingerprint density at radius 2 is 1.97 bits per heavy atom. The van der Waals surface area contributed by atoms with Gasteiger partial charge in [0.05, 0.1) is 11.9 Å². The Labute approximate surface area is 190 Å². The first-order valence-corrected chi connectivity index (χ1v) is 11.2. The standard InChI is InChI=1S/C22H25N7O2S/c1-14-11-19(32-28-14)27-22-20(21(23)31)24-13-17(26-22)29-9-7-15(8-10-29)12-18(30)25-16-5-3-2-4-6-16/h2-6,11,13,15H,7-10,12H2,1H3,(H2,23,31)(H,25,30)(H,26,27). The zero-order valence-corrected chi connectivity index (χ0v) is 18.6. The predicted molar refractivity (Wildman–Crippen MR) is 125 cm³/mol. The number of rotatable bonds is 7. The van der Waals surface area contributed by atoms with Crippen molar-refractivity contribution in [2.45, 2.75) is 26.2 Å². The molecule has 1 aliphatic rings. The lowest BCUT2D eigenvalue weighted by atomic mass is 9.93. The van der Waals surface area contributed by atoms with Gasteiger partial charge >= 0.3 is 0 Å². The molecule has 0 bridgehead atoms. The summed E-state index contributed by atoms with van der Waals surface area (Å²) in [5, 5.41) is 6.83. The van der Waals surface area contributed by atoms with Gasteiger partial charge in [-0.15, -0.1) is 0 Å². The molecule has 0 atom stereocenters. The smallest absolute Gasteiger partial charge is 0.271 e. The molecule has 0 radical (unpaired) electrons. The molecule has 166 valence electrons. The average Bonchev–Trinajstić information content (AvgIpc) is 3.19. The van der Waals surface area contributed by atoms with Crippen molar-refractivity contribution in [1.29, 1.82) is 0 Å². The first kappa shape index (κ1) is 21.7. The van der Waals surface area contributed by atoms with Gasteiger partial charge in [-0.2, -0.15) is 4.37 Å². The summed E-state index contributed by atoms with van der Waals surface area (Å²) in [5.41, 5.74) is 7.26. The van der Waals surface area contributed by atoms with Crippen LogP contribution in [0.25, 0.3) is 0 Å². The molecule has 0 aliphatic carbocycles. The number of carbonyl (C=O) groups is 2. The van der Waals surface area contributed by atoms with E-state index in [2.05, 4.69) is 29.9 Å². The number of piperidine rings is 1. The quantitative estimate of drug-likeness (QED) is 0.503. The van der Waals surface area contributed by atoms with Gasteiger partial charge in [-0.25, -0.2) is 9.97 Å². The maximum Gasteiger partial charge on any atom is 0.271 e. The monoisotopic (exact) mass is 451 g/mol. The van der Waals surface area contributed by atoms with Gasteiger partial charge in [0.15, 0.2) is 11.5 Å².